The molecule has 1 fully saturated rings. The molecule has 7 nitrogen and oxygen atoms in total. The molecule has 7 heteroatoms. The van der Waals surface area contributed by atoms with E-state index in [0.29, 0.717) is 24.5 Å². The Balaban J connectivity index is 1.84. The van der Waals surface area contributed by atoms with Crippen LogP contribution in [-0.2, 0) is 4.79 Å². The first-order valence-electron chi connectivity index (χ1n) is 8.27. The van der Waals surface area contributed by atoms with Gasteiger partial charge in [-0.05, 0) is 18.1 Å². The molecule has 1 saturated heterocycles. The zero-order valence-electron chi connectivity index (χ0n) is 14.6. The van der Waals surface area contributed by atoms with E-state index in [2.05, 4.69) is 15.0 Å². The summed E-state index contributed by atoms with van der Waals surface area (Å²) in [5.41, 5.74) is 1.23. The number of carbonyl (C=O) groups is 2. The first-order valence-corrected chi connectivity index (χ1v) is 8.27. The minimum atomic E-state index is -0.453. The Hall–Kier alpha value is -2.83. The minimum absolute atomic E-state index is 0.0241. The number of carbonyl (C=O) groups excluding carboxylic acids is 2. The largest absolute Gasteiger partial charge is 0.342 e. The van der Waals surface area contributed by atoms with E-state index in [1.54, 1.807) is 29.2 Å². The second-order valence-electron chi connectivity index (χ2n) is 6.48. The van der Waals surface area contributed by atoms with Gasteiger partial charge in [0.15, 0.2) is 5.82 Å². The van der Waals surface area contributed by atoms with Crippen molar-refractivity contribution >= 4 is 11.8 Å². The lowest BCUT2D eigenvalue weighted by Crippen LogP contribution is -2.59. The van der Waals surface area contributed by atoms with Crippen LogP contribution in [0.25, 0.3) is 11.4 Å². The third kappa shape index (κ3) is 3.35. The second-order valence-corrected chi connectivity index (χ2v) is 6.48. The van der Waals surface area contributed by atoms with Crippen LogP contribution < -0.4 is 0 Å². The van der Waals surface area contributed by atoms with Crippen molar-refractivity contribution in [3.8, 4) is 11.4 Å². The van der Waals surface area contributed by atoms with Crippen molar-refractivity contribution in [3.05, 3.63) is 42.5 Å². The van der Waals surface area contributed by atoms with Crippen molar-refractivity contribution in [2.75, 3.05) is 20.1 Å². The molecule has 3 rings (SSSR count). The Morgan fingerprint density at radius 1 is 1.16 bits per heavy atom. The molecule has 2 amide bonds. The zero-order chi connectivity index (χ0) is 18.0. The normalized spacial score (nSPS) is 17.9. The number of nitrogens with zero attached hydrogens (tertiary/aromatic N) is 5. The van der Waals surface area contributed by atoms with Gasteiger partial charge in [0, 0.05) is 50.5 Å². The fourth-order valence-electron chi connectivity index (χ4n) is 2.99. The van der Waals surface area contributed by atoms with Crippen LogP contribution in [0.5, 0.6) is 0 Å². The van der Waals surface area contributed by atoms with Gasteiger partial charge in [0.25, 0.3) is 5.91 Å². The fraction of sp³-hybridized carbons (Fsp3) is 0.389. The lowest BCUT2D eigenvalue weighted by atomic mass is 9.98. The van der Waals surface area contributed by atoms with Crippen LogP contribution in [0.15, 0.2) is 36.9 Å². The third-order valence-electron chi connectivity index (χ3n) is 4.37. The summed E-state index contributed by atoms with van der Waals surface area (Å²) in [5, 5.41) is 0. The van der Waals surface area contributed by atoms with E-state index in [-0.39, 0.29) is 17.7 Å². The first-order chi connectivity index (χ1) is 12.0. The SMILES string of the molecule is CC(C)[C@H]1C(=O)N(C)CCN1C(=O)c1cnc(-c2ccncc2)nc1. The molecule has 1 aliphatic heterocycles. The molecule has 1 atom stereocenters. The second kappa shape index (κ2) is 6.96. The van der Waals surface area contributed by atoms with E-state index < -0.39 is 6.04 Å². The van der Waals surface area contributed by atoms with E-state index in [1.807, 2.05) is 26.0 Å². The van der Waals surface area contributed by atoms with Crippen LogP contribution in [0.4, 0.5) is 0 Å². The molecule has 3 heterocycles. The molecule has 25 heavy (non-hydrogen) atoms. The molecular formula is C18H21N5O2. The van der Waals surface area contributed by atoms with Crippen molar-refractivity contribution < 1.29 is 9.59 Å². The van der Waals surface area contributed by atoms with Crippen LogP contribution in [0, 0.1) is 5.92 Å². The summed E-state index contributed by atoms with van der Waals surface area (Å²) in [4.78, 5) is 41.2. The van der Waals surface area contributed by atoms with Gasteiger partial charge in [0.1, 0.15) is 6.04 Å². The summed E-state index contributed by atoms with van der Waals surface area (Å²) in [6.07, 6.45) is 6.37. The first kappa shape index (κ1) is 17.0. The van der Waals surface area contributed by atoms with Crippen LogP contribution in [0.1, 0.15) is 24.2 Å². The van der Waals surface area contributed by atoms with Gasteiger partial charge in [-0.2, -0.15) is 0 Å². The Bertz CT molecular complexity index is 761. The molecule has 1 aliphatic rings. The van der Waals surface area contributed by atoms with Crippen molar-refractivity contribution in [1.82, 2.24) is 24.8 Å². The van der Waals surface area contributed by atoms with Crippen molar-refractivity contribution in [1.29, 1.82) is 0 Å². The molecule has 0 saturated carbocycles. The highest BCUT2D eigenvalue weighted by molar-refractivity contribution is 5.98. The smallest absolute Gasteiger partial charge is 0.257 e. The van der Waals surface area contributed by atoms with Crippen LogP contribution in [-0.4, -0.2) is 62.7 Å². The highest BCUT2D eigenvalue weighted by atomic mass is 16.2. The van der Waals surface area contributed by atoms with Gasteiger partial charge in [-0.25, -0.2) is 9.97 Å². The third-order valence-corrected chi connectivity index (χ3v) is 4.37. The molecule has 0 unspecified atom stereocenters. The lowest BCUT2D eigenvalue weighted by molar-refractivity contribution is -0.140. The molecule has 0 radical (unpaired) electrons. The molecule has 2 aromatic rings. The van der Waals surface area contributed by atoms with Gasteiger partial charge in [0.05, 0.1) is 5.56 Å². The average Bonchev–Trinajstić information content (AvgIpc) is 2.64. The van der Waals surface area contributed by atoms with Crippen LogP contribution in [0.2, 0.25) is 0 Å². The Morgan fingerprint density at radius 2 is 1.80 bits per heavy atom. The minimum Gasteiger partial charge on any atom is -0.342 e. The number of rotatable bonds is 3. The topological polar surface area (TPSA) is 79.3 Å². The van der Waals surface area contributed by atoms with E-state index in [4.69, 9.17) is 0 Å². The molecule has 0 spiro atoms. The van der Waals surface area contributed by atoms with Gasteiger partial charge < -0.3 is 9.80 Å². The van der Waals surface area contributed by atoms with Gasteiger partial charge in [-0.15, -0.1) is 0 Å². The van der Waals surface area contributed by atoms with Crippen molar-refractivity contribution in [3.63, 3.8) is 0 Å². The number of aromatic nitrogens is 3. The molecule has 130 valence electrons. The predicted octanol–water partition coefficient (Wildman–Crippen LogP) is 1.48. The number of likely N-dealkylation sites (N-methyl/N-ethyl adjacent to an activating group) is 1. The Morgan fingerprint density at radius 3 is 2.40 bits per heavy atom. The number of amides is 2. The summed E-state index contributed by atoms with van der Waals surface area (Å²) >= 11 is 0. The van der Waals surface area contributed by atoms with Gasteiger partial charge in [-0.3, -0.25) is 14.6 Å². The number of hydrogen-bond acceptors (Lipinski definition) is 5. The van der Waals surface area contributed by atoms with E-state index >= 15 is 0 Å². The highest BCUT2D eigenvalue weighted by Crippen LogP contribution is 2.21. The number of pyridine rings is 1. The predicted molar refractivity (Wildman–Crippen MR) is 92.6 cm³/mol. The fourth-order valence-corrected chi connectivity index (χ4v) is 2.99. The van der Waals surface area contributed by atoms with Gasteiger partial charge in [-0.1, -0.05) is 13.8 Å². The molecule has 0 aliphatic carbocycles. The Kier molecular flexibility index (Phi) is 4.74. The van der Waals surface area contributed by atoms with Crippen molar-refractivity contribution in [2.24, 2.45) is 5.92 Å². The maximum atomic E-state index is 12.9. The molecular weight excluding hydrogens is 318 g/mol. The molecule has 2 aromatic heterocycles. The highest BCUT2D eigenvalue weighted by Gasteiger charge is 2.38. The molecule has 0 aromatic carbocycles. The summed E-state index contributed by atoms with van der Waals surface area (Å²) in [6.45, 7) is 4.94. The number of piperazine rings is 1. The zero-order valence-corrected chi connectivity index (χ0v) is 14.6. The molecule has 0 bridgehead atoms. The van der Waals surface area contributed by atoms with Gasteiger partial charge >= 0.3 is 0 Å². The molecule has 0 N–H and O–H groups in total. The van der Waals surface area contributed by atoms with E-state index in [1.165, 1.54) is 12.4 Å². The summed E-state index contributed by atoms with van der Waals surface area (Å²) in [7, 11) is 1.77. The van der Waals surface area contributed by atoms with Crippen molar-refractivity contribution in [2.45, 2.75) is 19.9 Å². The van der Waals surface area contributed by atoms with Gasteiger partial charge in [0.2, 0.25) is 5.91 Å². The number of hydrogen-bond donors (Lipinski definition) is 0. The quantitative estimate of drug-likeness (QED) is 0.846. The maximum Gasteiger partial charge on any atom is 0.257 e. The lowest BCUT2D eigenvalue weighted by Gasteiger charge is -2.41. The average molecular weight is 339 g/mol. The summed E-state index contributed by atoms with van der Waals surface area (Å²) in [5.74, 6) is 0.343. The van der Waals surface area contributed by atoms with E-state index in [9.17, 15) is 9.59 Å². The summed E-state index contributed by atoms with van der Waals surface area (Å²) in [6, 6.07) is 3.17. The van der Waals surface area contributed by atoms with Crippen LogP contribution >= 0.6 is 0 Å². The summed E-state index contributed by atoms with van der Waals surface area (Å²) < 4.78 is 0. The maximum absolute atomic E-state index is 12.9. The standard InChI is InChI=1S/C18H21N5O2/c1-12(2)15-18(25)22(3)8-9-23(15)17(24)14-10-20-16(21-11-14)13-4-6-19-7-5-13/h4-7,10-12,15H,8-9H2,1-3H3/t15-/m0/s1. The van der Waals surface area contributed by atoms with E-state index in [0.717, 1.165) is 5.56 Å². The Labute approximate surface area is 146 Å². The van der Waals surface area contributed by atoms with Crippen LogP contribution in [0.3, 0.4) is 0 Å². The monoisotopic (exact) mass is 339 g/mol.